The Labute approximate surface area is 174 Å². The zero-order valence-electron chi connectivity index (χ0n) is 15.7. The summed E-state index contributed by atoms with van der Waals surface area (Å²) in [6.45, 7) is 2.86. The molecule has 30 heavy (non-hydrogen) atoms. The maximum atomic E-state index is 13.4. The molecule has 2 aromatic carbocycles. The Morgan fingerprint density at radius 3 is 2.30 bits per heavy atom. The molecule has 1 aliphatic rings. The fourth-order valence-electron chi connectivity index (χ4n) is 2.52. The largest absolute Gasteiger partial charge is 0.419 e. The van der Waals surface area contributed by atoms with Crippen LogP contribution in [0.2, 0.25) is 5.02 Å². The summed E-state index contributed by atoms with van der Waals surface area (Å²) < 4.78 is 36.5. The van der Waals surface area contributed by atoms with Crippen molar-refractivity contribution in [3.8, 4) is 0 Å². The quantitative estimate of drug-likeness (QED) is 0.325. The number of cyclic esters (lactones) is 2. The van der Waals surface area contributed by atoms with Gasteiger partial charge in [-0.3, -0.25) is 4.79 Å². The van der Waals surface area contributed by atoms with Gasteiger partial charge in [0, 0.05) is 31.4 Å². The second-order valence-electron chi connectivity index (χ2n) is 6.66. The molecule has 0 unspecified atom stereocenters. The first-order valence-electron chi connectivity index (χ1n) is 8.55. The zero-order valence-corrected chi connectivity index (χ0v) is 16.5. The number of rotatable bonds is 4. The van der Waals surface area contributed by atoms with Gasteiger partial charge in [0.05, 0.1) is 10.6 Å². The molecule has 1 aliphatic heterocycles. The molecule has 0 aliphatic carbocycles. The van der Waals surface area contributed by atoms with Crippen molar-refractivity contribution in [3.63, 3.8) is 0 Å². The smallest absolute Gasteiger partial charge is 0.350 e. The molecule has 0 radical (unpaired) electrons. The molecule has 2 N–H and O–H groups in total. The van der Waals surface area contributed by atoms with Crippen LogP contribution in [-0.4, -0.2) is 23.6 Å². The summed E-state index contributed by atoms with van der Waals surface area (Å²) in [6, 6.07) is 7.59. The summed E-state index contributed by atoms with van der Waals surface area (Å²) in [4.78, 5) is 36.2. The zero-order chi connectivity index (χ0) is 22.1. The van der Waals surface area contributed by atoms with Gasteiger partial charge in [0.2, 0.25) is 0 Å². The fourth-order valence-corrected chi connectivity index (χ4v) is 2.75. The van der Waals surface area contributed by atoms with Gasteiger partial charge in [0.15, 0.2) is 17.2 Å². The molecule has 0 bridgehead atoms. The van der Waals surface area contributed by atoms with Crippen LogP contribution >= 0.6 is 11.6 Å². The number of carbonyl (C=O) groups excluding carboxylic acids is 3. The Morgan fingerprint density at radius 2 is 1.63 bits per heavy atom. The van der Waals surface area contributed by atoms with Crippen molar-refractivity contribution in [2.75, 3.05) is 10.6 Å². The van der Waals surface area contributed by atoms with Crippen molar-refractivity contribution < 1.29 is 32.6 Å². The second-order valence-corrected chi connectivity index (χ2v) is 7.07. The number of ether oxygens (including phenoxy) is 2. The van der Waals surface area contributed by atoms with E-state index < -0.39 is 35.3 Å². The summed E-state index contributed by atoms with van der Waals surface area (Å²) in [7, 11) is 0. The van der Waals surface area contributed by atoms with E-state index in [9.17, 15) is 23.2 Å². The third-order valence-electron chi connectivity index (χ3n) is 3.88. The number of anilines is 2. The van der Waals surface area contributed by atoms with Crippen LogP contribution in [-0.2, 0) is 19.1 Å². The van der Waals surface area contributed by atoms with Crippen LogP contribution in [0.3, 0.4) is 0 Å². The third-order valence-corrected chi connectivity index (χ3v) is 4.19. The number of esters is 2. The van der Waals surface area contributed by atoms with E-state index >= 15 is 0 Å². The second kappa shape index (κ2) is 8.11. The van der Waals surface area contributed by atoms with E-state index in [1.165, 1.54) is 26.0 Å². The van der Waals surface area contributed by atoms with Gasteiger partial charge < -0.3 is 20.1 Å². The molecule has 1 amide bonds. The van der Waals surface area contributed by atoms with E-state index in [0.29, 0.717) is 23.5 Å². The molecule has 156 valence electrons. The van der Waals surface area contributed by atoms with E-state index in [4.69, 9.17) is 21.1 Å². The molecule has 1 fully saturated rings. The van der Waals surface area contributed by atoms with Crippen molar-refractivity contribution in [1.82, 2.24) is 0 Å². The predicted molar refractivity (Wildman–Crippen MR) is 104 cm³/mol. The summed E-state index contributed by atoms with van der Waals surface area (Å²) >= 11 is 5.80. The number of amides is 1. The molecule has 0 spiro atoms. The van der Waals surface area contributed by atoms with Gasteiger partial charge in [-0.15, -0.1) is 0 Å². The topological polar surface area (TPSA) is 93.7 Å². The molecule has 3 rings (SSSR count). The molecule has 0 atom stereocenters. The van der Waals surface area contributed by atoms with Gasteiger partial charge in [-0.25, -0.2) is 18.4 Å². The van der Waals surface area contributed by atoms with Gasteiger partial charge in [-0.05, 0) is 30.3 Å². The fraction of sp³-hybridized carbons (Fsp3) is 0.150. The van der Waals surface area contributed by atoms with Crippen LogP contribution < -0.4 is 10.6 Å². The van der Waals surface area contributed by atoms with Gasteiger partial charge in [0.25, 0.3) is 11.7 Å². The van der Waals surface area contributed by atoms with E-state index in [2.05, 4.69) is 10.6 Å². The maximum Gasteiger partial charge on any atom is 0.350 e. The highest BCUT2D eigenvalue weighted by atomic mass is 35.5. The maximum absolute atomic E-state index is 13.4. The van der Waals surface area contributed by atoms with Crippen LogP contribution in [0.15, 0.2) is 48.2 Å². The van der Waals surface area contributed by atoms with Crippen molar-refractivity contribution in [3.05, 3.63) is 70.4 Å². The molecule has 0 aromatic heterocycles. The molecular formula is C20H15ClF2N2O5. The Kier molecular flexibility index (Phi) is 5.75. The standard InChI is InChI=1S/C20H15ClF2N2O5/c1-20(2)29-18(27)13(19(28)30-20)9-24-10-4-3-5-11(6-10)25-17(26)12-7-15(22)16(23)8-14(12)21/h3-9,24H,1-2H3,(H,25,26). The van der Waals surface area contributed by atoms with Crippen LogP contribution in [0.25, 0.3) is 0 Å². The molecule has 1 heterocycles. The highest BCUT2D eigenvalue weighted by molar-refractivity contribution is 6.34. The Balaban J connectivity index is 1.74. The summed E-state index contributed by atoms with van der Waals surface area (Å²) in [5.74, 6) is -6.17. The number of carbonyl (C=O) groups is 3. The minimum Gasteiger partial charge on any atom is -0.419 e. The molecule has 2 aromatic rings. The highest BCUT2D eigenvalue weighted by Gasteiger charge is 2.38. The normalized spacial score (nSPS) is 15.2. The summed E-state index contributed by atoms with van der Waals surface area (Å²) in [6.07, 6.45) is 1.12. The van der Waals surface area contributed by atoms with Crippen molar-refractivity contribution in [1.29, 1.82) is 0 Å². The number of hydrogen-bond donors (Lipinski definition) is 2. The summed E-state index contributed by atoms with van der Waals surface area (Å²) in [5.41, 5.74) is 0.116. The Morgan fingerprint density at radius 1 is 1.03 bits per heavy atom. The van der Waals surface area contributed by atoms with Crippen LogP contribution in [0.1, 0.15) is 24.2 Å². The van der Waals surface area contributed by atoms with Crippen LogP contribution in [0, 0.1) is 11.6 Å². The molecule has 0 saturated carbocycles. The first-order chi connectivity index (χ1) is 14.1. The van der Waals surface area contributed by atoms with Crippen molar-refractivity contribution in [2.45, 2.75) is 19.6 Å². The number of halogens is 3. The monoisotopic (exact) mass is 436 g/mol. The Bertz CT molecular complexity index is 1060. The lowest BCUT2D eigenvalue weighted by molar-refractivity contribution is -0.222. The lowest BCUT2D eigenvalue weighted by Gasteiger charge is -2.29. The van der Waals surface area contributed by atoms with E-state index in [-0.39, 0.29) is 16.2 Å². The molecule has 1 saturated heterocycles. The molecule has 7 nitrogen and oxygen atoms in total. The van der Waals surface area contributed by atoms with E-state index in [1.54, 1.807) is 12.1 Å². The minimum absolute atomic E-state index is 0.244. The average molecular weight is 437 g/mol. The average Bonchev–Trinajstić information content (AvgIpc) is 2.63. The number of hydrogen-bond acceptors (Lipinski definition) is 6. The molecular weight excluding hydrogens is 422 g/mol. The summed E-state index contributed by atoms with van der Waals surface area (Å²) in [5, 5.41) is 4.98. The molecule has 10 heteroatoms. The first kappa shape index (κ1) is 21.3. The van der Waals surface area contributed by atoms with E-state index in [1.807, 2.05) is 0 Å². The minimum atomic E-state index is -1.35. The first-order valence-corrected chi connectivity index (χ1v) is 8.93. The van der Waals surface area contributed by atoms with Gasteiger partial charge in [-0.2, -0.15) is 0 Å². The predicted octanol–water partition coefficient (Wildman–Crippen LogP) is 4.00. The van der Waals surface area contributed by atoms with Gasteiger partial charge >= 0.3 is 11.9 Å². The van der Waals surface area contributed by atoms with E-state index in [0.717, 1.165) is 6.20 Å². The number of nitrogens with one attached hydrogen (secondary N) is 2. The van der Waals surface area contributed by atoms with Gasteiger partial charge in [0.1, 0.15) is 0 Å². The van der Waals surface area contributed by atoms with Crippen LogP contribution in [0.5, 0.6) is 0 Å². The van der Waals surface area contributed by atoms with Crippen molar-refractivity contribution >= 4 is 40.8 Å². The number of benzene rings is 2. The lowest BCUT2D eigenvalue weighted by atomic mass is 10.2. The lowest BCUT2D eigenvalue weighted by Crippen LogP contribution is -2.42. The van der Waals surface area contributed by atoms with Crippen molar-refractivity contribution in [2.24, 2.45) is 0 Å². The SMILES string of the molecule is CC1(C)OC(=O)C(=CNc2cccc(NC(=O)c3cc(F)c(F)cc3Cl)c2)C(=O)O1. The van der Waals surface area contributed by atoms with Gasteiger partial charge in [-0.1, -0.05) is 17.7 Å². The Hall–Kier alpha value is -3.46. The van der Waals surface area contributed by atoms with Crippen LogP contribution in [0.4, 0.5) is 20.2 Å². The third kappa shape index (κ3) is 4.74. The highest BCUT2D eigenvalue weighted by Crippen LogP contribution is 2.24.